The molecule has 0 fully saturated rings. The van der Waals surface area contributed by atoms with Gasteiger partial charge in [-0.05, 0) is 73.7 Å². The Morgan fingerprint density at radius 3 is 1.89 bits per heavy atom. The van der Waals surface area contributed by atoms with Crippen LogP contribution in [0.2, 0.25) is 0 Å². The van der Waals surface area contributed by atoms with Gasteiger partial charge in [-0.25, -0.2) is 0 Å². The molecule has 5 nitrogen and oxygen atoms in total. The van der Waals surface area contributed by atoms with Gasteiger partial charge in [-0.1, -0.05) is 27.7 Å². The van der Waals surface area contributed by atoms with Gasteiger partial charge in [0.05, 0.1) is 28.4 Å². The highest BCUT2D eigenvalue weighted by atomic mass is 16.5. The maximum Gasteiger partial charge on any atom is 0.317 e. The number of benzene rings is 2. The molecule has 0 aromatic heterocycles. The van der Waals surface area contributed by atoms with Crippen LogP contribution in [-0.4, -0.2) is 5.97 Å². The minimum Gasteiger partial charge on any atom is -0.426 e. The first-order chi connectivity index (χ1) is 13.1. The van der Waals surface area contributed by atoms with E-state index in [4.69, 9.17) is 10.00 Å². The quantitative estimate of drug-likeness (QED) is 0.318. The van der Waals surface area contributed by atoms with E-state index in [9.17, 15) is 4.79 Å². The van der Waals surface area contributed by atoms with Crippen molar-refractivity contribution in [2.24, 2.45) is 21.1 Å². The summed E-state index contributed by atoms with van der Waals surface area (Å²) in [4.78, 5) is 12.7. The van der Waals surface area contributed by atoms with Crippen molar-refractivity contribution < 1.29 is 9.53 Å². The van der Waals surface area contributed by atoms with Crippen molar-refractivity contribution in [2.75, 3.05) is 0 Å². The van der Waals surface area contributed by atoms with E-state index < -0.39 is 5.41 Å². The molecule has 0 saturated carbocycles. The predicted molar refractivity (Wildman–Crippen MR) is 110 cm³/mol. The third-order valence-corrected chi connectivity index (χ3v) is 4.52. The van der Waals surface area contributed by atoms with Crippen molar-refractivity contribution in [2.45, 2.75) is 47.5 Å². The summed E-state index contributed by atoms with van der Waals surface area (Å²) in [6, 6.07) is 15.9. The van der Waals surface area contributed by atoms with E-state index in [1.165, 1.54) is 0 Å². The van der Waals surface area contributed by atoms with Crippen LogP contribution in [0, 0.1) is 22.2 Å². The number of nitrogens with zero attached hydrogens (tertiary/aromatic N) is 3. The first kappa shape index (κ1) is 21.3. The van der Waals surface area contributed by atoms with E-state index >= 15 is 0 Å². The van der Waals surface area contributed by atoms with Crippen LogP contribution in [0.5, 0.6) is 5.75 Å². The number of hydrogen-bond acceptors (Lipinski definition) is 5. The minimum absolute atomic E-state index is 0.0411. The number of carbonyl (C=O) groups is 1. The molecule has 0 N–H and O–H groups in total. The van der Waals surface area contributed by atoms with Gasteiger partial charge in [0.1, 0.15) is 5.75 Å². The van der Waals surface area contributed by atoms with Crippen LogP contribution >= 0.6 is 0 Å². The molecular formula is C23H27N3O2. The molecular weight excluding hydrogens is 350 g/mol. The molecule has 1 unspecified atom stereocenters. The lowest BCUT2D eigenvalue weighted by atomic mass is 9.73. The van der Waals surface area contributed by atoms with Crippen LogP contribution < -0.4 is 4.74 Å². The van der Waals surface area contributed by atoms with Crippen molar-refractivity contribution in [3.8, 4) is 11.8 Å². The summed E-state index contributed by atoms with van der Waals surface area (Å²) in [6.45, 7) is 10.4. The number of ether oxygens (including phenoxy) is 1. The molecule has 2 aromatic rings. The summed E-state index contributed by atoms with van der Waals surface area (Å²) in [5.74, 6) is 0.285. The van der Waals surface area contributed by atoms with Crippen molar-refractivity contribution in [1.82, 2.24) is 0 Å². The first-order valence-electron chi connectivity index (χ1n) is 9.39. The fraction of sp³-hybridized carbons (Fsp3) is 0.391. The molecule has 5 heteroatoms. The molecule has 0 aliphatic carbocycles. The molecule has 0 spiro atoms. The van der Waals surface area contributed by atoms with E-state index in [0.717, 1.165) is 12.8 Å². The highest BCUT2D eigenvalue weighted by Gasteiger charge is 2.37. The Balaban J connectivity index is 2.04. The van der Waals surface area contributed by atoms with E-state index in [1.54, 1.807) is 48.5 Å². The number of hydrogen-bond donors (Lipinski definition) is 0. The highest BCUT2D eigenvalue weighted by molar-refractivity contribution is 5.78. The van der Waals surface area contributed by atoms with Gasteiger partial charge in [-0.2, -0.15) is 15.5 Å². The van der Waals surface area contributed by atoms with E-state index in [2.05, 4.69) is 37.1 Å². The summed E-state index contributed by atoms with van der Waals surface area (Å²) in [5, 5.41) is 17.1. The standard InChI is InChI=1S/C23H27N3O2/c1-6-23(5,16-22(2,3)4)21(27)28-20-13-11-19(12-14-20)26-25-18-9-7-17(15-24)8-10-18/h7-14H,6,16H2,1-5H3. The van der Waals surface area contributed by atoms with E-state index in [1.807, 2.05) is 13.8 Å². The second kappa shape index (κ2) is 8.79. The monoisotopic (exact) mass is 377 g/mol. The summed E-state index contributed by atoms with van der Waals surface area (Å²) < 4.78 is 5.62. The summed E-state index contributed by atoms with van der Waals surface area (Å²) >= 11 is 0. The van der Waals surface area contributed by atoms with Crippen molar-refractivity contribution in [3.05, 3.63) is 54.1 Å². The van der Waals surface area contributed by atoms with Gasteiger partial charge in [0, 0.05) is 0 Å². The molecule has 0 saturated heterocycles. The third kappa shape index (κ3) is 6.02. The Labute approximate surface area is 167 Å². The maximum atomic E-state index is 12.7. The fourth-order valence-electron chi connectivity index (χ4n) is 3.04. The van der Waals surface area contributed by atoms with Crippen LogP contribution in [-0.2, 0) is 4.79 Å². The van der Waals surface area contributed by atoms with Gasteiger partial charge >= 0.3 is 5.97 Å². The zero-order chi connectivity index (χ0) is 20.8. The third-order valence-electron chi connectivity index (χ3n) is 4.52. The molecule has 0 aliphatic heterocycles. The Hall–Kier alpha value is -3.00. The second-order valence-corrected chi connectivity index (χ2v) is 8.39. The first-order valence-corrected chi connectivity index (χ1v) is 9.39. The van der Waals surface area contributed by atoms with Crippen LogP contribution in [0.15, 0.2) is 58.8 Å². The zero-order valence-corrected chi connectivity index (χ0v) is 17.2. The van der Waals surface area contributed by atoms with Crippen molar-refractivity contribution in [3.63, 3.8) is 0 Å². The lowest BCUT2D eigenvalue weighted by molar-refractivity contribution is -0.147. The molecule has 2 rings (SSSR count). The predicted octanol–water partition coefficient (Wildman–Crippen LogP) is 6.73. The molecule has 146 valence electrons. The second-order valence-electron chi connectivity index (χ2n) is 8.39. The number of nitriles is 1. The maximum absolute atomic E-state index is 12.7. The summed E-state index contributed by atoms with van der Waals surface area (Å²) in [7, 11) is 0. The molecule has 28 heavy (non-hydrogen) atoms. The number of rotatable bonds is 6. The number of azo groups is 1. The van der Waals surface area contributed by atoms with Crippen LogP contribution in [0.1, 0.15) is 53.0 Å². The van der Waals surface area contributed by atoms with Crippen molar-refractivity contribution in [1.29, 1.82) is 5.26 Å². The van der Waals surface area contributed by atoms with E-state index in [0.29, 0.717) is 22.7 Å². The van der Waals surface area contributed by atoms with Crippen LogP contribution in [0.4, 0.5) is 11.4 Å². The zero-order valence-electron chi connectivity index (χ0n) is 17.2. The minimum atomic E-state index is -0.522. The average molecular weight is 377 g/mol. The van der Waals surface area contributed by atoms with Gasteiger partial charge in [-0.3, -0.25) is 4.79 Å². The molecule has 2 aromatic carbocycles. The van der Waals surface area contributed by atoms with Gasteiger partial charge in [-0.15, -0.1) is 0 Å². The Morgan fingerprint density at radius 2 is 1.46 bits per heavy atom. The average Bonchev–Trinajstić information content (AvgIpc) is 2.66. The Kier molecular flexibility index (Phi) is 6.69. The SMILES string of the molecule is CCC(C)(CC(C)(C)C)C(=O)Oc1ccc(N=Nc2ccc(C#N)cc2)cc1. The van der Waals surface area contributed by atoms with Crippen LogP contribution in [0.3, 0.4) is 0 Å². The largest absolute Gasteiger partial charge is 0.426 e. The molecule has 1 atom stereocenters. The lowest BCUT2D eigenvalue weighted by Gasteiger charge is -2.32. The van der Waals surface area contributed by atoms with Gasteiger partial charge < -0.3 is 4.74 Å². The van der Waals surface area contributed by atoms with Gasteiger partial charge in [0.25, 0.3) is 0 Å². The molecule has 0 heterocycles. The van der Waals surface area contributed by atoms with Crippen molar-refractivity contribution >= 4 is 17.3 Å². The van der Waals surface area contributed by atoms with E-state index in [-0.39, 0.29) is 11.4 Å². The Bertz CT molecular complexity index is 872. The number of carbonyl (C=O) groups excluding carboxylic acids is 1. The smallest absolute Gasteiger partial charge is 0.317 e. The Morgan fingerprint density at radius 1 is 0.964 bits per heavy atom. The molecule has 0 radical (unpaired) electrons. The highest BCUT2D eigenvalue weighted by Crippen LogP contribution is 2.37. The fourth-order valence-corrected chi connectivity index (χ4v) is 3.04. The molecule has 0 aliphatic rings. The molecule has 0 bridgehead atoms. The number of esters is 1. The summed E-state index contributed by atoms with van der Waals surface area (Å²) in [6.07, 6.45) is 1.48. The summed E-state index contributed by atoms with van der Waals surface area (Å²) in [5.41, 5.74) is 1.41. The normalized spacial score (nSPS) is 13.7. The lowest BCUT2D eigenvalue weighted by Crippen LogP contribution is -2.35. The molecule has 0 amide bonds. The van der Waals surface area contributed by atoms with Gasteiger partial charge in [0.2, 0.25) is 0 Å². The topological polar surface area (TPSA) is 74.8 Å². The van der Waals surface area contributed by atoms with Gasteiger partial charge in [0.15, 0.2) is 0 Å². The van der Waals surface area contributed by atoms with Crippen LogP contribution in [0.25, 0.3) is 0 Å².